The molecular formula is C20H16N2O5. The standard InChI is InChI=1S/C20H16N2O5/c1-12-21-22-18(26-12)11-25-19(23)14-7-8-16-15(9-14)10-17(27-20(16)24)13-5-3-2-4-6-13/h2-9,17H,10-11H2,1H3. The van der Waals surface area contributed by atoms with Crippen LogP contribution in [-0.4, -0.2) is 22.1 Å². The second-order valence-corrected chi connectivity index (χ2v) is 6.17. The molecule has 0 N–H and O–H groups in total. The van der Waals surface area contributed by atoms with E-state index in [-0.39, 0.29) is 18.6 Å². The number of aryl methyl sites for hydroxylation is 1. The number of cyclic esters (lactones) is 1. The molecule has 1 aliphatic heterocycles. The van der Waals surface area contributed by atoms with Crippen molar-refractivity contribution in [2.24, 2.45) is 0 Å². The third-order valence-electron chi connectivity index (χ3n) is 4.28. The Morgan fingerprint density at radius 3 is 2.74 bits per heavy atom. The highest BCUT2D eigenvalue weighted by atomic mass is 16.5. The molecule has 7 heteroatoms. The lowest BCUT2D eigenvalue weighted by Gasteiger charge is -2.25. The highest BCUT2D eigenvalue weighted by Crippen LogP contribution is 2.31. The van der Waals surface area contributed by atoms with Crippen LogP contribution in [0.5, 0.6) is 0 Å². The Bertz CT molecular complexity index is 997. The minimum absolute atomic E-state index is 0.106. The molecule has 0 saturated heterocycles. The minimum Gasteiger partial charge on any atom is -0.454 e. The zero-order valence-corrected chi connectivity index (χ0v) is 14.5. The monoisotopic (exact) mass is 364 g/mol. The SMILES string of the molecule is Cc1nnc(COC(=O)c2ccc3c(c2)CC(c2ccccc2)OC3=O)o1. The van der Waals surface area contributed by atoms with Crippen molar-refractivity contribution in [3.63, 3.8) is 0 Å². The molecule has 1 aromatic heterocycles. The van der Waals surface area contributed by atoms with Crippen LogP contribution in [0.4, 0.5) is 0 Å². The van der Waals surface area contributed by atoms with Crippen LogP contribution in [0.1, 0.15) is 49.7 Å². The third kappa shape index (κ3) is 3.57. The van der Waals surface area contributed by atoms with E-state index in [1.807, 2.05) is 30.3 Å². The first-order valence-corrected chi connectivity index (χ1v) is 8.45. The highest BCUT2D eigenvalue weighted by Gasteiger charge is 2.28. The van der Waals surface area contributed by atoms with Gasteiger partial charge in [0.25, 0.3) is 5.89 Å². The molecule has 0 amide bonds. The van der Waals surface area contributed by atoms with E-state index < -0.39 is 11.9 Å². The van der Waals surface area contributed by atoms with Gasteiger partial charge in [0, 0.05) is 13.3 Å². The van der Waals surface area contributed by atoms with Gasteiger partial charge in [-0.1, -0.05) is 30.3 Å². The van der Waals surface area contributed by atoms with Crippen LogP contribution >= 0.6 is 0 Å². The topological polar surface area (TPSA) is 91.5 Å². The van der Waals surface area contributed by atoms with Gasteiger partial charge in [-0.05, 0) is 29.3 Å². The number of nitrogens with zero attached hydrogens (tertiary/aromatic N) is 2. The lowest BCUT2D eigenvalue weighted by molar-refractivity contribution is 0.0250. The number of fused-ring (bicyclic) bond motifs is 1. The number of rotatable bonds is 4. The lowest BCUT2D eigenvalue weighted by Crippen LogP contribution is -2.22. The van der Waals surface area contributed by atoms with Crippen LogP contribution in [-0.2, 0) is 22.5 Å². The molecule has 1 atom stereocenters. The number of esters is 2. The molecule has 0 fully saturated rings. The number of ether oxygens (including phenoxy) is 2. The maximum atomic E-state index is 12.3. The van der Waals surface area contributed by atoms with Gasteiger partial charge in [-0.15, -0.1) is 10.2 Å². The normalized spacial score (nSPS) is 15.7. The summed E-state index contributed by atoms with van der Waals surface area (Å²) in [5.41, 5.74) is 2.48. The second-order valence-electron chi connectivity index (χ2n) is 6.17. The zero-order chi connectivity index (χ0) is 18.8. The molecular weight excluding hydrogens is 348 g/mol. The third-order valence-corrected chi connectivity index (χ3v) is 4.28. The van der Waals surface area contributed by atoms with E-state index in [0.717, 1.165) is 11.1 Å². The van der Waals surface area contributed by atoms with Gasteiger partial charge in [-0.25, -0.2) is 9.59 Å². The first-order chi connectivity index (χ1) is 13.1. The largest absolute Gasteiger partial charge is 0.454 e. The maximum absolute atomic E-state index is 12.3. The van der Waals surface area contributed by atoms with Crippen LogP contribution in [0.2, 0.25) is 0 Å². The molecule has 1 aliphatic rings. The maximum Gasteiger partial charge on any atom is 0.339 e. The fourth-order valence-electron chi connectivity index (χ4n) is 2.98. The number of aromatic nitrogens is 2. The van der Waals surface area contributed by atoms with Gasteiger partial charge in [0.1, 0.15) is 6.10 Å². The predicted molar refractivity (Wildman–Crippen MR) is 92.9 cm³/mol. The number of carbonyl (C=O) groups is 2. The Morgan fingerprint density at radius 2 is 2.00 bits per heavy atom. The van der Waals surface area contributed by atoms with Crippen LogP contribution < -0.4 is 0 Å². The smallest absolute Gasteiger partial charge is 0.339 e. The van der Waals surface area contributed by atoms with Gasteiger partial charge >= 0.3 is 11.9 Å². The molecule has 7 nitrogen and oxygen atoms in total. The number of benzene rings is 2. The molecule has 0 radical (unpaired) electrons. The highest BCUT2D eigenvalue weighted by molar-refractivity contribution is 5.95. The summed E-state index contributed by atoms with van der Waals surface area (Å²) in [5.74, 6) is -0.290. The summed E-state index contributed by atoms with van der Waals surface area (Å²) in [6.45, 7) is 1.55. The average Bonchev–Trinajstić information content (AvgIpc) is 3.11. The summed E-state index contributed by atoms with van der Waals surface area (Å²) in [4.78, 5) is 24.6. The molecule has 4 rings (SSSR count). The van der Waals surface area contributed by atoms with Crippen molar-refractivity contribution in [3.05, 3.63) is 82.6 Å². The average molecular weight is 364 g/mol. The fourth-order valence-corrected chi connectivity index (χ4v) is 2.98. The predicted octanol–water partition coefficient (Wildman–Crippen LogP) is 3.19. The number of carbonyl (C=O) groups excluding carboxylic acids is 2. The van der Waals surface area contributed by atoms with Gasteiger partial charge in [-0.2, -0.15) is 0 Å². The Hall–Kier alpha value is -3.48. The van der Waals surface area contributed by atoms with Crippen LogP contribution in [0.15, 0.2) is 52.9 Å². The molecule has 2 heterocycles. The summed E-state index contributed by atoms with van der Waals surface area (Å²) < 4.78 is 15.9. The summed E-state index contributed by atoms with van der Waals surface area (Å²) >= 11 is 0. The summed E-state index contributed by atoms with van der Waals surface area (Å²) in [6.07, 6.45) is 0.119. The first-order valence-electron chi connectivity index (χ1n) is 8.45. The van der Waals surface area contributed by atoms with Crippen molar-refractivity contribution in [3.8, 4) is 0 Å². The van der Waals surface area contributed by atoms with E-state index >= 15 is 0 Å². The fraction of sp³-hybridized carbons (Fsp3) is 0.200. The summed E-state index contributed by atoms with van der Waals surface area (Å²) in [6, 6.07) is 14.3. The van der Waals surface area contributed by atoms with Crippen molar-refractivity contribution in [1.29, 1.82) is 0 Å². The Morgan fingerprint density at radius 1 is 1.19 bits per heavy atom. The molecule has 27 heavy (non-hydrogen) atoms. The lowest BCUT2D eigenvalue weighted by atomic mass is 9.93. The van der Waals surface area contributed by atoms with Crippen LogP contribution in [0.25, 0.3) is 0 Å². The van der Waals surface area contributed by atoms with Gasteiger partial charge in [-0.3, -0.25) is 0 Å². The van der Waals surface area contributed by atoms with Crippen molar-refractivity contribution in [1.82, 2.24) is 10.2 Å². The molecule has 0 bridgehead atoms. The zero-order valence-electron chi connectivity index (χ0n) is 14.5. The van der Waals surface area contributed by atoms with E-state index in [2.05, 4.69) is 10.2 Å². The molecule has 1 unspecified atom stereocenters. The summed E-state index contributed by atoms with van der Waals surface area (Å²) in [5, 5.41) is 7.46. The molecule has 0 spiro atoms. The minimum atomic E-state index is -0.524. The van der Waals surface area contributed by atoms with Crippen LogP contribution in [0.3, 0.4) is 0 Å². The Balaban J connectivity index is 1.52. The van der Waals surface area contributed by atoms with Gasteiger partial charge in [0.2, 0.25) is 5.89 Å². The van der Waals surface area contributed by atoms with Crippen molar-refractivity contribution in [2.75, 3.05) is 0 Å². The van der Waals surface area contributed by atoms with Crippen molar-refractivity contribution < 1.29 is 23.5 Å². The molecule has 0 saturated carbocycles. The van der Waals surface area contributed by atoms with Crippen molar-refractivity contribution in [2.45, 2.75) is 26.1 Å². The number of hydrogen-bond donors (Lipinski definition) is 0. The van der Waals surface area contributed by atoms with E-state index in [0.29, 0.717) is 23.4 Å². The van der Waals surface area contributed by atoms with Crippen LogP contribution in [0, 0.1) is 6.92 Å². The van der Waals surface area contributed by atoms with Gasteiger partial charge < -0.3 is 13.9 Å². The molecule has 3 aromatic rings. The summed E-state index contributed by atoms with van der Waals surface area (Å²) in [7, 11) is 0. The van der Waals surface area contributed by atoms with E-state index in [9.17, 15) is 9.59 Å². The Labute approximate surface area is 154 Å². The van der Waals surface area contributed by atoms with Crippen molar-refractivity contribution >= 4 is 11.9 Å². The van der Waals surface area contributed by atoms with E-state index in [4.69, 9.17) is 13.9 Å². The van der Waals surface area contributed by atoms with Gasteiger partial charge in [0.15, 0.2) is 6.61 Å². The molecule has 0 aliphatic carbocycles. The molecule has 2 aromatic carbocycles. The Kier molecular flexibility index (Phi) is 4.42. The quantitative estimate of drug-likeness (QED) is 0.657. The molecule has 136 valence electrons. The number of hydrogen-bond acceptors (Lipinski definition) is 7. The van der Waals surface area contributed by atoms with Gasteiger partial charge in [0.05, 0.1) is 11.1 Å². The first kappa shape index (κ1) is 17.0. The second kappa shape index (κ2) is 7.03. The van der Waals surface area contributed by atoms with E-state index in [1.165, 1.54) is 0 Å². The van der Waals surface area contributed by atoms with E-state index in [1.54, 1.807) is 25.1 Å².